The zero-order valence-electron chi connectivity index (χ0n) is 14.5. The molecule has 2 aromatic rings. The van der Waals surface area contributed by atoms with Gasteiger partial charge in [0.1, 0.15) is 0 Å². The summed E-state index contributed by atoms with van der Waals surface area (Å²) in [5.74, 6) is -0.331. The number of carbonyl (C=O) groups excluding carboxylic acids is 1. The first-order chi connectivity index (χ1) is 11.9. The van der Waals surface area contributed by atoms with Crippen molar-refractivity contribution in [1.29, 1.82) is 0 Å². The van der Waals surface area contributed by atoms with Crippen LogP contribution >= 0.6 is 11.6 Å². The lowest BCUT2D eigenvalue weighted by atomic mass is 9.84. The Morgan fingerprint density at radius 1 is 1.16 bits per heavy atom. The molecule has 4 nitrogen and oxygen atoms in total. The molecule has 0 bridgehead atoms. The summed E-state index contributed by atoms with van der Waals surface area (Å²) in [6.07, 6.45) is 3.53. The molecule has 0 saturated heterocycles. The van der Waals surface area contributed by atoms with Crippen molar-refractivity contribution in [1.82, 2.24) is 5.43 Å². The molecule has 0 fully saturated rings. The number of rotatable bonds is 3. The molecule has 3 rings (SSSR count). The summed E-state index contributed by atoms with van der Waals surface area (Å²) >= 11 is 6.01. The quantitative estimate of drug-likeness (QED) is 0.658. The van der Waals surface area contributed by atoms with Crippen molar-refractivity contribution in [3.8, 4) is 0 Å². The topological polar surface area (TPSA) is 44.7 Å². The van der Waals surface area contributed by atoms with Crippen LogP contribution in [-0.2, 0) is 5.41 Å². The Morgan fingerprint density at radius 3 is 2.56 bits per heavy atom. The second kappa shape index (κ2) is 6.73. The van der Waals surface area contributed by atoms with E-state index in [9.17, 15) is 4.79 Å². The van der Waals surface area contributed by atoms with Crippen LogP contribution in [0.4, 0.5) is 5.69 Å². The number of nitrogens with one attached hydrogen (secondary N) is 1. The monoisotopic (exact) mass is 353 g/mol. The molecular formula is C20H20ClN3O. The maximum atomic E-state index is 12.1. The third kappa shape index (κ3) is 3.17. The van der Waals surface area contributed by atoms with Crippen LogP contribution in [0.5, 0.6) is 0 Å². The van der Waals surface area contributed by atoms with E-state index >= 15 is 0 Å². The number of hydrazone groups is 1. The number of anilines is 1. The predicted molar refractivity (Wildman–Crippen MR) is 103 cm³/mol. The Balaban J connectivity index is 1.75. The molecule has 25 heavy (non-hydrogen) atoms. The van der Waals surface area contributed by atoms with Gasteiger partial charge in [0, 0.05) is 30.1 Å². The standard InChI is InChI=1S/C20H20ClN3O/c1-20(2)15-9-5-7-11-17(15)24(3)18(20)12-13-22-23-19(25)14-8-4-6-10-16(14)21/h4-13H,1-3H3,(H,23,25)/b18-12-,22-13+. The van der Waals surface area contributed by atoms with E-state index in [-0.39, 0.29) is 11.3 Å². The maximum Gasteiger partial charge on any atom is 0.272 e. The first kappa shape index (κ1) is 17.2. The molecule has 0 unspecified atom stereocenters. The van der Waals surface area contributed by atoms with Crippen LogP contribution in [0.2, 0.25) is 5.02 Å². The van der Waals surface area contributed by atoms with Crippen LogP contribution in [-0.4, -0.2) is 19.2 Å². The minimum atomic E-state index is -0.331. The van der Waals surface area contributed by atoms with Crippen LogP contribution in [0.15, 0.2) is 65.4 Å². The van der Waals surface area contributed by atoms with Gasteiger partial charge in [-0.2, -0.15) is 5.10 Å². The Labute approximate surface area is 152 Å². The van der Waals surface area contributed by atoms with E-state index in [1.165, 1.54) is 11.3 Å². The number of fused-ring (bicyclic) bond motifs is 1. The van der Waals surface area contributed by atoms with Crippen molar-refractivity contribution in [3.05, 3.63) is 76.5 Å². The van der Waals surface area contributed by atoms with E-state index < -0.39 is 0 Å². The minimum absolute atomic E-state index is 0.121. The molecule has 0 radical (unpaired) electrons. The SMILES string of the molecule is CN1/C(=C\C=N\NC(=O)c2ccccc2Cl)C(C)(C)c2ccccc21. The van der Waals surface area contributed by atoms with Crippen molar-refractivity contribution in [3.63, 3.8) is 0 Å². The van der Waals surface area contributed by atoms with Crippen LogP contribution in [0.3, 0.4) is 0 Å². The van der Waals surface area contributed by atoms with Gasteiger partial charge in [-0.15, -0.1) is 0 Å². The van der Waals surface area contributed by atoms with Gasteiger partial charge >= 0.3 is 0 Å². The molecule has 0 saturated carbocycles. The van der Waals surface area contributed by atoms with E-state index in [0.29, 0.717) is 10.6 Å². The molecule has 1 heterocycles. The number of halogens is 1. The third-order valence-corrected chi connectivity index (χ3v) is 4.86. The average Bonchev–Trinajstić information content (AvgIpc) is 2.79. The summed E-state index contributed by atoms with van der Waals surface area (Å²) < 4.78 is 0. The number of amides is 1. The Morgan fingerprint density at radius 2 is 1.84 bits per heavy atom. The van der Waals surface area contributed by atoms with Gasteiger partial charge in [0.15, 0.2) is 0 Å². The summed E-state index contributed by atoms with van der Waals surface area (Å²) in [5.41, 5.74) is 6.37. The third-order valence-electron chi connectivity index (χ3n) is 4.53. The van der Waals surface area contributed by atoms with Crippen molar-refractivity contribution >= 4 is 29.4 Å². The number of likely N-dealkylation sites (N-methyl/N-ethyl adjacent to an activating group) is 1. The molecule has 1 aliphatic heterocycles. The van der Waals surface area contributed by atoms with E-state index in [1.807, 2.05) is 19.2 Å². The number of carbonyl (C=O) groups is 1. The molecule has 0 spiro atoms. The highest BCUT2D eigenvalue weighted by Gasteiger charge is 2.37. The predicted octanol–water partition coefficient (Wildman–Crippen LogP) is 4.37. The highest BCUT2D eigenvalue weighted by atomic mass is 35.5. The molecule has 0 aromatic heterocycles. The Bertz CT molecular complexity index is 871. The Hall–Kier alpha value is -2.59. The van der Waals surface area contributed by atoms with E-state index in [0.717, 1.165) is 5.70 Å². The van der Waals surface area contributed by atoms with Crippen molar-refractivity contribution in [2.45, 2.75) is 19.3 Å². The summed E-state index contributed by atoms with van der Waals surface area (Å²) in [6, 6.07) is 15.2. The van der Waals surface area contributed by atoms with E-state index in [2.05, 4.69) is 47.5 Å². The lowest BCUT2D eigenvalue weighted by molar-refractivity contribution is 0.0955. The van der Waals surface area contributed by atoms with Gasteiger partial charge in [0.05, 0.1) is 10.6 Å². The van der Waals surface area contributed by atoms with E-state index in [4.69, 9.17) is 11.6 Å². The number of benzene rings is 2. The largest absolute Gasteiger partial charge is 0.347 e. The highest BCUT2D eigenvalue weighted by molar-refractivity contribution is 6.33. The van der Waals surface area contributed by atoms with Crippen molar-refractivity contribution in [2.75, 3.05) is 11.9 Å². The van der Waals surface area contributed by atoms with Crippen molar-refractivity contribution in [2.24, 2.45) is 5.10 Å². The Kier molecular flexibility index (Phi) is 4.64. The first-order valence-corrected chi connectivity index (χ1v) is 8.42. The zero-order valence-corrected chi connectivity index (χ0v) is 15.2. The number of para-hydroxylation sites is 1. The number of hydrogen-bond acceptors (Lipinski definition) is 3. The van der Waals surface area contributed by atoms with Crippen molar-refractivity contribution < 1.29 is 4.79 Å². The fourth-order valence-corrected chi connectivity index (χ4v) is 3.43. The average molecular weight is 354 g/mol. The van der Waals surface area contributed by atoms with Crippen LogP contribution in [0.1, 0.15) is 29.8 Å². The summed E-state index contributed by atoms with van der Waals surface area (Å²) in [6.45, 7) is 4.36. The number of nitrogens with zero attached hydrogens (tertiary/aromatic N) is 2. The molecule has 1 N–H and O–H groups in total. The lowest BCUT2D eigenvalue weighted by Crippen LogP contribution is -2.23. The van der Waals surface area contributed by atoms with Gasteiger partial charge in [0.25, 0.3) is 5.91 Å². The van der Waals surface area contributed by atoms with Gasteiger partial charge in [-0.1, -0.05) is 55.8 Å². The normalized spacial score (nSPS) is 17.1. The highest BCUT2D eigenvalue weighted by Crippen LogP contribution is 2.46. The fourth-order valence-electron chi connectivity index (χ4n) is 3.21. The molecule has 0 atom stereocenters. The van der Waals surface area contributed by atoms with Gasteiger partial charge in [-0.05, 0) is 29.8 Å². The molecule has 1 amide bonds. The van der Waals surface area contributed by atoms with Crippen LogP contribution < -0.4 is 10.3 Å². The first-order valence-electron chi connectivity index (χ1n) is 8.05. The lowest BCUT2D eigenvalue weighted by Gasteiger charge is -2.23. The summed E-state index contributed by atoms with van der Waals surface area (Å²) in [7, 11) is 2.04. The number of hydrogen-bond donors (Lipinski definition) is 1. The van der Waals surface area contributed by atoms with E-state index in [1.54, 1.807) is 30.5 Å². The molecule has 128 valence electrons. The smallest absolute Gasteiger partial charge is 0.272 e. The molecule has 0 aliphatic carbocycles. The fraction of sp³-hybridized carbons (Fsp3) is 0.200. The number of allylic oxidation sites excluding steroid dienone is 2. The summed E-state index contributed by atoms with van der Waals surface area (Å²) in [5, 5.41) is 4.43. The molecule has 1 aliphatic rings. The van der Waals surface area contributed by atoms with Gasteiger partial charge in [-0.3, -0.25) is 4.79 Å². The second-order valence-corrected chi connectivity index (χ2v) is 6.86. The second-order valence-electron chi connectivity index (χ2n) is 6.45. The van der Waals surface area contributed by atoms with Gasteiger partial charge < -0.3 is 4.90 Å². The molecule has 5 heteroatoms. The zero-order chi connectivity index (χ0) is 18.0. The molecular weight excluding hydrogens is 334 g/mol. The summed E-state index contributed by atoms with van der Waals surface area (Å²) in [4.78, 5) is 14.2. The van der Waals surface area contributed by atoms with Gasteiger partial charge in [-0.25, -0.2) is 5.43 Å². The minimum Gasteiger partial charge on any atom is -0.347 e. The molecule has 2 aromatic carbocycles. The van der Waals surface area contributed by atoms with Crippen LogP contribution in [0.25, 0.3) is 0 Å². The maximum absolute atomic E-state index is 12.1. The van der Waals surface area contributed by atoms with Gasteiger partial charge in [0.2, 0.25) is 0 Å². The van der Waals surface area contributed by atoms with Crippen LogP contribution in [0, 0.1) is 0 Å².